The van der Waals surface area contributed by atoms with Crippen molar-refractivity contribution in [3.63, 3.8) is 0 Å². The second-order valence-electron chi connectivity index (χ2n) is 3.96. The molecule has 0 N–H and O–H groups in total. The van der Waals surface area contributed by atoms with Crippen LogP contribution in [0.4, 0.5) is 11.4 Å². The summed E-state index contributed by atoms with van der Waals surface area (Å²) >= 11 is 5.97. The van der Waals surface area contributed by atoms with E-state index in [1.54, 1.807) is 0 Å². The van der Waals surface area contributed by atoms with Gasteiger partial charge in [0.2, 0.25) is 5.91 Å². The molecule has 0 radical (unpaired) electrons. The van der Waals surface area contributed by atoms with Gasteiger partial charge in [-0.1, -0.05) is 11.6 Å². The molecule has 1 unspecified atom stereocenters. The summed E-state index contributed by atoms with van der Waals surface area (Å²) in [7, 11) is 0. The van der Waals surface area contributed by atoms with Gasteiger partial charge in [-0.2, -0.15) is 0 Å². The number of halogens is 1. The molecule has 6 heteroatoms. The van der Waals surface area contributed by atoms with E-state index in [1.807, 2.05) is 0 Å². The fourth-order valence-electron chi connectivity index (χ4n) is 1.87. The molecule has 1 aromatic rings. The molecule has 1 aliphatic heterocycles. The van der Waals surface area contributed by atoms with Crippen LogP contribution in [0.25, 0.3) is 0 Å². The van der Waals surface area contributed by atoms with Crippen LogP contribution in [0.3, 0.4) is 0 Å². The van der Waals surface area contributed by atoms with Crippen LogP contribution in [0.5, 0.6) is 0 Å². The van der Waals surface area contributed by atoms with E-state index in [0.29, 0.717) is 17.3 Å². The van der Waals surface area contributed by atoms with E-state index in [1.165, 1.54) is 23.1 Å². The fraction of sp³-hybridized carbons (Fsp3) is 0.250. The average Bonchev–Trinajstić information content (AvgIpc) is 2.71. The number of terminal acetylenes is 1. The van der Waals surface area contributed by atoms with Gasteiger partial charge in [-0.15, -0.1) is 12.3 Å². The lowest BCUT2D eigenvalue weighted by Crippen LogP contribution is -2.24. The highest BCUT2D eigenvalue weighted by Gasteiger charge is 2.31. The molecule has 1 aliphatic rings. The smallest absolute Gasteiger partial charge is 0.271 e. The number of benzene rings is 1. The molecule has 18 heavy (non-hydrogen) atoms. The quantitative estimate of drug-likeness (QED) is 0.467. The van der Waals surface area contributed by atoms with Gasteiger partial charge in [0.1, 0.15) is 0 Å². The van der Waals surface area contributed by atoms with Crippen molar-refractivity contribution >= 4 is 28.9 Å². The number of nitrogens with zero attached hydrogens (tertiary/aromatic N) is 2. The third kappa shape index (κ3) is 2.15. The lowest BCUT2D eigenvalue weighted by molar-refractivity contribution is -0.384. The molecule has 1 atom stereocenters. The van der Waals surface area contributed by atoms with Crippen LogP contribution in [-0.2, 0) is 4.79 Å². The molecule has 1 aromatic carbocycles. The third-order valence-corrected chi connectivity index (χ3v) is 3.11. The molecule has 0 bridgehead atoms. The molecule has 5 nitrogen and oxygen atoms in total. The molecular formula is C12H9ClN2O3. The maximum atomic E-state index is 11.8. The van der Waals surface area contributed by atoms with Crippen molar-refractivity contribution in [2.45, 2.75) is 6.42 Å². The maximum absolute atomic E-state index is 11.8. The Morgan fingerprint density at radius 2 is 2.28 bits per heavy atom. The number of carbonyl (C=O) groups is 1. The highest BCUT2D eigenvalue weighted by molar-refractivity contribution is 6.34. The molecule has 2 rings (SSSR count). The van der Waals surface area contributed by atoms with Gasteiger partial charge in [0.25, 0.3) is 5.69 Å². The molecule has 92 valence electrons. The van der Waals surface area contributed by atoms with Gasteiger partial charge in [-0.05, 0) is 6.07 Å². The monoisotopic (exact) mass is 264 g/mol. The van der Waals surface area contributed by atoms with Crippen molar-refractivity contribution in [2.24, 2.45) is 5.92 Å². The van der Waals surface area contributed by atoms with Gasteiger partial charge in [-0.3, -0.25) is 14.9 Å². The predicted molar refractivity (Wildman–Crippen MR) is 67.4 cm³/mol. The van der Waals surface area contributed by atoms with E-state index in [2.05, 4.69) is 5.92 Å². The van der Waals surface area contributed by atoms with Crippen LogP contribution < -0.4 is 4.90 Å². The number of carbonyl (C=O) groups excluding carboxylic acids is 1. The fourth-order valence-corrected chi connectivity index (χ4v) is 2.09. The maximum Gasteiger partial charge on any atom is 0.271 e. The van der Waals surface area contributed by atoms with Crippen molar-refractivity contribution in [1.29, 1.82) is 0 Å². The van der Waals surface area contributed by atoms with Gasteiger partial charge in [0, 0.05) is 31.0 Å². The zero-order valence-electron chi connectivity index (χ0n) is 9.30. The Hall–Kier alpha value is -2.06. The summed E-state index contributed by atoms with van der Waals surface area (Å²) in [6.07, 6.45) is 5.53. The molecule has 0 saturated carbocycles. The van der Waals surface area contributed by atoms with Crippen molar-refractivity contribution in [3.05, 3.63) is 33.3 Å². The Labute approximate surface area is 108 Å². The number of hydrogen-bond acceptors (Lipinski definition) is 3. The molecule has 0 aliphatic carbocycles. The summed E-state index contributed by atoms with van der Waals surface area (Å²) in [6.45, 7) is 0.343. The summed E-state index contributed by atoms with van der Waals surface area (Å²) < 4.78 is 0. The first kappa shape index (κ1) is 12.4. The summed E-state index contributed by atoms with van der Waals surface area (Å²) in [6, 6.07) is 4.00. The highest BCUT2D eigenvalue weighted by atomic mass is 35.5. The van der Waals surface area contributed by atoms with E-state index in [4.69, 9.17) is 18.0 Å². The van der Waals surface area contributed by atoms with Crippen molar-refractivity contribution < 1.29 is 9.72 Å². The van der Waals surface area contributed by atoms with Gasteiger partial charge in [0.15, 0.2) is 0 Å². The number of non-ortho nitro benzene ring substituents is 1. The number of anilines is 1. The van der Waals surface area contributed by atoms with Gasteiger partial charge < -0.3 is 4.90 Å². The molecule has 0 aromatic heterocycles. The second kappa shape index (κ2) is 4.67. The molecule has 0 spiro atoms. The molecule has 1 heterocycles. The van der Waals surface area contributed by atoms with Crippen LogP contribution in [0.2, 0.25) is 5.02 Å². The van der Waals surface area contributed by atoms with Gasteiger partial charge >= 0.3 is 0 Å². The normalized spacial score (nSPS) is 18.8. The minimum atomic E-state index is -0.529. The van der Waals surface area contributed by atoms with Crippen LogP contribution in [-0.4, -0.2) is 17.4 Å². The van der Waals surface area contributed by atoms with E-state index in [0.717, 1.165) is 0 Å². The highest BCUT2D eigenvalue weighted by Crippen LogP contribution is 2.33. The van der Waals surface area contributed by atoms with Crippen LogP contribution in [0.15, 0.2) is 18.2 Å². The van der Waals surface area contributed by atoms with E-state index in [9.17, 15) is 14.9 Å². The minimum absolute atomic E-state index is 0.105. The standard InChI is InChI=1S/C12H9ClN2O3/c1-2-8-5-12(16)14(7-8)11-6-9(15(17)18)3-4-10(11)13/h1,3-4,6,8H,5,7H2. The number of amides is 1. The van der Waals surface area contributed by atoms with Crippen LogP contribution >= 0.6 is 11.6 Å². The van der Waals surface area contributed by atoms with Crippen molar-refractivity contribution in [3.8, 4) is 12.3 Å². The van der Waals surface area contributed by atoms with E-state index >= 15 is 0 Å². The largest absolute Gasteiger partial charge is 0.309 e. The van der Waals surface area contributed by atoms with Gasteiger partial charge in [-0.25, -0.2) is 0 Å². The first-order chi connectivity index (χ1) is 8.52. The minimum Gasteiger partial charge on any atom is -0.309 e. The Morgan fingerprint density at radius 3 is 2.83 bits per heavy atom. The van der Waals surface area contributed by atoms with Crippen LogP contribution in [0, 0.1) is 28.4 Å². The topological polar surface area (TPSA) is 63.5 Å². The van der Waals surface area contributed by atoms with Crippen LogP contribution in [0.1, 0.15) is 6.42 Å². The average molecular weight is 265 g/mol. The number of rotatable bonds is 2. The van der Waals surface area contributed by atoms with Crippen molar-refractivity contribution in [1.82, 2.24) is 0 Å². The summed E-state index contributed by atoms with van der Waals surface area (Å²) in [5, 5.41) is 11.0. The van der Waals surface area contributed by atoms with Gasteiger partial charge in [0.05, 0.1) is 15.6 Å². The molecule has 1 fully saturated rings. The van der Waals surface area contributed by atoms with Crippen molar-refractivity contribution in [2.75, 3.05) is 11.4 Å². The lowest BCUT2D eigenvalue weighted by Gasteiger charge is -2.17. The second-order valence-corrected chi connectivity index (χ2v) is 4.37. The number of nitro benzene ring substituents is 1. The predicted octanol–water partition coefficient (Wildman–Crippen LogP) is 2.23. The Kier molecular flexibility index (Phi) is 3.21. The first-order valence-corrected chi connectivity index (χ1v) is 5.61. The molecular weight excluding hydrogens is 256 g/mol. The third-order valence-electron chi connectivity index (χ3n) is 2.79. The number of hydrogen-bond donors (Lipinski definition) is 0. The molecule has 1 saturated heterocycles. The number of nitro groups is 1. The molecule has 1 amide bonds. The lowest BCUT2D eigenvalue weighted by atomic mass is 10.1. The Balaban J connectivity index is 2.39. The first-order valence-electron chi connectivity index (χ1n) is 5.23. The van der Waals surface area contributed by atoms with E-state index in [-0.39, 0.29) is 23.9 Å². The van der Waals surface area contributed by atoms with E-state index < -0.39 is 4.92 Å². The Morgan fingerprint density at radius 1 is 1.56 bits per heavy atom. The summed E-state index contributed by atoms with van der Waals surface area (Å²) in [5.41, 5.74) is 0.236. The summed E-state index contributed by atoms with van der Waals surface area (Å²) in [4.78, 5) is 23.4. The summed E-state index contributed by atoms with van der Waals surface area (Å²) in [5.74, 6) is 2.17. The SMILES string of the molecule is C#CC1CC(=O)N(c2cc([N+](=O)[O-])ccc2Cl)C1. The zero-order valence-corrected chi connectivity index (χ0v) is 10.1. The Bertz CT molecular complexity index is 565. The zero-order chi connectivity index (χ0) is 13.3.